The minimum absolute atomic E-state index is 0.236. The fourth-order valence-corrected chi connectivity index (χ4v) is 2.13. The van der Waals surface area contributed by atoms with Crippen LogP contribution in [0.1, 0.15) is 12.7 Å². The second-order valence-electron chi connectivity index (χ2n) is 5.32. The molecular weight excluding hydrogens is 255 g/mol. The molecule has 2 rings (SSSR count). The standard InChI is InChI=1S/C16H21FN2O/c1-12(11-19(2)3)18-10-15-8-9-16(20-15)13-4-6-14(17)7-5-13/h4-9,12,18H,10-11H2,1-3H3. The summed E-state index contributed by atoms with van der Waals surface area (Å²) in [6, 6.07) is 10.6. The van der Waals surface area contributed by atoms with Crippen molar-refractivity contribution in [3.8, 4) is 11.3 Å². The second-order valence-corrected chi connectivity index (χ2v) is 5.32. The molecule has 0 amide bonds. The molecule has 4 heteroatoms. The van der Waals surface area contributed by atoms with Gasteiger partial charge in [-0.05, 0) is 57.4 Å². The van der Waals surface area contributed by atoms with Crippen LogP contribution < -0.4 is 5.32 Å². The highest BCUT2D eigenvalue weighted by molar-refractivity contribution is 5.57. The van der Waals surface area contributed by atoms with E-state index in [1.807, 2.05) is 12.1 Å². The van der Waals surface area contributed by atoms with Crippen LogP contribution >= 0.6 is 0 Å². The van der Waals surface area contributed by atoms with Crippen LogP contribution in [0.2, 0.25) is 0 Å². The van der Waals surface area contributed by atoms with Crippen molar-refractivity contribution in [2.45, 2.75) is 19.5 Å². The average Bonchev–Trinajstić information content (AvgIpc) is 2.85. The van der Waals surface area contributed by atoms with Gasteiger partial charge >= 0.3 is 0 Å². The molecule has 1 aromatic carbocycles. The Morgan fingerprint density at radius 2 is 1.85 bits per heavy atom. The van der Waals surface area contributed by atoms with E-state index in [1.165, 1.54) is 12.1 Å². The SMILES string of the molecule is CC(CN(C)C)NCc1ccc(-c2ccc(F)cc2)o1. The average molecular weight is 276 g/mol. The van der Waals surface area contributed by atoms with Crippen LogP contribution in [0.25, 0.3) is 11.3 Å². The maximum atomic E-state index is 12.9. The summed E-state index contributed by atoms with van der Waals surface area (Å²) in [5.41, 5.74) is 0.888. The lowest BCUT2D eigenvalue weighted by Crippen LogP contribution is -2.35. The van der Waals surface area contributed by atoms with E-state index < -0.39 is 0 Å². The Bertz CT molecular complexity index is 534. The van der Waals surface area contributed by atoms with Gasteiger partial charge in [-0.25, -0.2) is 4.39 Å². The maximum Gasteiger partial charge on any atom is 0.134 e. The minimum atomic E-state index is -0.236. The third kappa shape index (κ3) is 4.18. The number of likely N-dealkylation sites (N-methyl/N-ethyl adjacent to an activating group) is 1. The van der Waals surface area contributed by atoms with Gasteiger partial charge in [0.05, 0.1) is 6.54 Å². The van der Waals surface area contributed by atoms with Crippen molar-refractivity contribution in [1.29, 1.82) is 0 Å². The van der Waals surface area contributed by atoms with Gasteiger partial charge in [0, 0.05) is 18.2 Å². The summed E-state index contributed by atoms with van der Waals surface area (Å²) in [6.07, 6.45) is 0. The van der Waals surface area contributed by atoms with Crippen LogP contribution in [0.15, 0.2) is 40.8 Å². The van der Waals surface area contributed by atoms with E-state index in [2.05, 4.69) is 31.2 Å². The zero-order chi connectivity index (χ0) is 14.5. The first-order valence-corrected chi connectivity index (χ1v) is 6.77. The van der Waals surface area contributed by atoms with Gasteiger partial charge in [0.1, 0.15) is 17.3 Å². The summed E-state index contributed by atoms with van der Waals surface area (Å²) in [5.74, 6) is 1.41. The molecule has 0 saturated carbocycles. The van der Waals surface area contributed by atoms with Crippen molar-refractivity contribution >= 4 is 0 Å². The van der Waals surface area contributed by atoms with E-state index >= 15 is 0 Å². The van der Waals surface area contributed by atoms with Crippen LogP contribution in [0.3, 0.4) is 0 Å². The first-order valence-electron chi connectivity index (χ1n) is 6.77. The molecule has 1 atom stereocenters. The molecule has 0 radical (unpaired) electrons. The number of benzene rings is 1. The van der Waals surface area contributed by atoms with E-state index in [0.717, 1.165) is 23.6 Å². The topological polar surface area (TPSA) is 28.4 Å². The first-order chi connectivity index (χ1) is 9.54. The van der Waals surface area contributed by atoms with Crippen molar-refractivity contribution in [3.05, 3.63) is 48.0 Å². The van der Waals surface area contributed by atoms with Gasteiger partial charge in [-0.2, -0.15) is 0 Å². The predicted octanol–water partition coefficient (Wildman–Crippen LogP) is 3.13. The van der Waals surface area contributed by atoms with Gasteiger partial charge in [-0.1, -0.05) is 0 Å². The molecule has 0 aliphatic rings. The Hall–Kier alpha value is -1.65. The predicted molar refractivity (Wildman–Crippen MR) is 79.0 cm³/mol. The number of hydrogen-bond acceptors (Lipinski definition) is 3. The molecule has 0 spiro atoms. The Kier molecular flexibility index (Phi) is 4.93. The number of hydrogen-bond donors (Lipinski definition) is 1. The maximum absolute atomic E-state index is 12.9. The summed E-state index contributed by atoms with van der Waals surface area (Å²) >= 11 is 0. The van der Waals surface area contributed by atoms with Gasteiger partial charge in [0.15, 0.2) is 0 Å². The Balaban J connectivity index is 1.94. The van der Waals surface area contributed by atoms with Gasteiger partial charge in [-0.3, -0.25) is 0 Å². The van der Waals surface area contributed by atoms with Gasteiger partial charge in [-0.15, -0.1) is 0 Å². The molecule has 3 nitrogen and oxygen atoms in total. The van der Waals surface area contributed by atoms with Gasteiger partial charge in [0.25, 0.3) is 0 Å². The summed E-state index contributed by atoms with van der Waals surface area (Å²) in [7, 11) is 4.11. The molecule has 0 bridgehead atoms. The highest BCUT2D eigenvalue weighted by Crippen LogP contribution is 2.22. The fraction of sp³-hybridized carbons (Fsp3) is 0.375. The lowest BCUT2D eigenvalue weighted by Gasteiger charge is -2.17. The zero-order valence-corrected chi connectivity index (χ0v) is 12.2. The second kappa shape index (κ2) is 6.68. The lowest BCUT2D eigenvalue weighted by molar-refractivity contribution is 0.341. The van der Waals surface area contributed by atoms with E-state index in [-0.39, 0.29) is 5.82 Å². The summed E-state index contributed by atoms with van der Waals surface area (Å²) in [4.78, 5) is 2.14. The molecule has 1 heterocycles. The molecule has 1 unspecified atom stereocenters. The number of rotatable bonds is 6. The third-order valence-electron chi connectivity index (χ3n) is 3.05. The minimum Gasteiger partial charge on any atom is -0.460 e. The van der Waals surface area contributed by atoms with Crippen LogP contribution in [0.4, 0.5) is 4.39 Å². The van der Waals surface area contributed by atoms with Crippen LogP contribution in [-0.4, -0.2) is 31.6 Å². The van der Waals surface area contributed by atoms with Gasteiger partial charge < -0.3 is 14.6 Å². The molecule has 0 aliphatic heterocycles. The normalized spacial score (nSPS) is 12.8. The monoisotopic (exact) mass is 276 g/mol. The van der Waals surface area contributed by atoms with Gasteiger partial charge in [0.2, 0.25) is 0 Å². The summed E-state index contributed by atoms with van der Waals surface area (Å²) in [6.45, 7) is 3.81. The Labute approximate surface area is 119 Å². The highest BCUT2D eigenvalue weighted by atomic mass is 19.1. The molecule has 20 heavy (non-hydrogen) atoms. The third-order valence-corrected chi connectivity index (χ3v) is 3.05. The molecule has 1 aromatic heterocycles. The molecule has 0 saturated heterocycles. The molecule has 108 valence electrons. The van der Waals surface area contributed by atoms with Crippen molar-refractivity contribution in [1.82, 2.24) is 10.2 Å². The highest BCUT2D eigenvalue weighted by Gasteiger charge is 2.07. The summed E-state index contributed by atoms with van der Waals surface area (Å²) in [5, 5.41) is 3.41. The summed E-state index contributed by atoms with van der Waals surface area (Å²) < 4.78 is 18.6. The van der Waals surface area contributed by atoms with E-state index in [9.17, 15) is 4.39 Å². The number of halogens is 1. The van der Waals surface area contributed by atoms with E-state index in [1.54, 1.807) is 12.1 Å². The number of nitrogens with zero attached hydrogens (tertiary/aromatic N) is 1. The Morgan fingerprint density at radius 1 is 1.15 bits per heavy atom. The first kappa shape index (κ1) is 14.8. The lowest BCUT2D eigenvalue weighted by atomic mass is 10.2. The quantitative estimate of drug-likeness (QED) is 0.878. The number of furan rings is 1. The smallest absolute Gasteiger partial charge is 0.134 e. The molecule has 2 aromatic rings. The largest absolute Gasteiger partial charge is 0.460 e. The zero-order valence-electron chi connectivity index (χ0n) is 12.2. The Morgan fingerprint density at radius 3 is 2.50 bits per heavy atom. The van der Waals surface area contributed by atoms with Crippen LogP contribution in [-0.2, 0) is 6.54 Å². The number of nitrogens with one attached hydrogen (secondary N) is 1. The van der Waals surface area contributed by atoms with Crippen molar-refractivity contribution < 1.29 is 8.81 Å². The van der Waals surface area contributed by atoms with E-state index in [0.29, 0.717) is 12.6 Å². The molecule has 0 fully saturated rings. The van der Waals surface area contributed by atoms with Crippen molar-refractivity contribution in [3.63, 3.8) is 0 Å². The van der Waals surface area contributed by atoms with Crippen molar-refractivity contribution in [2.75, 3.05) is 20.6 Å². The van der Waals surface area contributed by atoms with Crippen LogP contribution in [0, 0.1) is 5.82 Å². The van der Waals surface area contributed by atoms with E-state index in [4.69, 9.17) is 4.42 Å². The molecule has 0 aliphatic carbocycles. The molecule has 1 N–H and O–H groups in total. The fourth-order valence-electron chi connectivity index (χ4n) is 2.13. The van der Waals surface area contributed by atoms with Crippen molar-refractivity contribution in [2.24, 2.45) is 0 Å². The van der Waals surface area contributed by atoms with Crippen LogP contribution in [0.5, 0.6) is 0 Å². The molecular formula is C16H21FN2O.